The maximum Gasteiger partial charge on any atom is 0.0809 e. The lowest BCUT2D eigenvalue weighted by molar-refractivity contribution is 0.0166. The molecule has 4 heteroatoms. The second-order valence-corrected chi connectivity index (χ2v) is 5.35. The Morgan fingerprint density at radius 1 is 1.53 bits per heavy atom. The summed E-state index contributed by atoms with van der Waals surface area (Å²) in [4.78, 5) is 1.39. The highest BCUT2D eigenvalue weighted by atomic mass is 32.1. The first kappa shape index (κ1) is 13.0. The number of hydrogen-bond acceptors (Lipinski definition) is 4. The van der Waals surface area contributed by atoms with E-state index in [1.807, 2.05) is 0 Å². The lowest BCUT2D eigenvalue weighted by Gasteiger charge is -2.10. The van der Waals surface area contributed by atoms with Gasteiger partial charge in [0.05, 0.1) is 12.7 Å². The number of rotatable bonds is 8. The van der Waals surface area contributed by atoms with Crippen molar-refractivity contribution in [1.82, 2.24) is 5.32 Å². The zero-order valence-electron chi connectivity index (χ0n) is 10.2. The van der Waals surface area contributed by atoms with Gasteiger partial charge in [-0.1, -0.05) is 6.07 Å². The molecule has 1 N–H and O–H groups in total. The fraction of sp³-hybridized carbons (Fsp3) is 0.692. The molecule has 2 rings (SSSR count). The average molecular weight is 255 g/mol. The first-order valence-electron chi connectivity index (χ1n) is 6.37. The quantitative estimate of drug-likeness (QED) is 0.724. The van der Waals surface area contributed by atoms with Gasteiger partial charge < -0.3 is 14.8 Å². The molecule has 1 aromatic rings. The Balaban J connectivity index is 1.39. The van der Waals surface area contributed by atoms with Crippen LogP contribution in [-0.4, -0.2) is 32.5 Å². The van der Waals surface area contributed by atoms with Gasteiger partial charge in [-0.25, -0.2) is 0 Å². The molecule has 1 aliphatic heterocycles. The largest absolute Gasteiger partial charge is 0.379 e. The molecule has 0 aromatic carbocycles. The van der Waals surface area contributed by atoms with Gasteiger partial charge in [0.2, 0.25) is 0 Å². The Labute approximate surface area is 107 Å². The van der Waals surface area contributed by atoms with Crippen molar-refractivity contribution in [2.75, 3.05) is 26.4 Å². The first-order valence-corrected chi connectivity index (χ1v) is 7.25. The molecular formula is C13H21NO2S. The summed E-state index contributed by atoms with van der Waals surface area (Å²) in [6, 6.07) is 4.25. The van der Waals surface area contributed by atoms with Gasteiger partial charge >= 0.3 is 0 Å². The van der Waals surface area contributed by atoms with Gasteiger partial charge in [-0.15, -0.1) is 11.3 Å². The normalized spacial score (nSPS) is 19.9. The van der Waals surface area contributed by atoms with Crippen LogP contribution in [0.5, 0.6) is 0 Å². The molecule has 0 radical (unpaired) electrons. The van der Waals surface area contributed by atoms with Gasteiger partial charge in [0.25, 0.3) is 0 Å². The van der Waals surface area contributed by atoms with E-state index in [1.54, 1.807) is 11.3 Å². The van der Waals surface area contributed by atoms with Gasteiger partial charge in [0.15, 0.2) is 0 Å². The van der Waals surface area contributed by atoms with Gasteiger partial charge in [-0.2, -0.15) is 0 Å². The summed E-state index contributed by atoms with van der Waals surface area (Å²) in [6.07, 6.45) is 3.78. The first-order chi connectivity index (χ1) is 8.45. The molecule has 2 heterocycles. The molecule has 0 spiro atoms. The van der Waals surface area contributed by atoms with E-state index in [0.29, 0.717) is 6.10 Å². The van der Waals surface area contributed by atoms with Crippen LogP contribution in [0.15, 0.2) is 17.5 Å². The predicted molar refractivity (Wildman–Crippen MR) is 70.4 cm³/mol. The van der Waals surface area contributed by atoms with Crippen molar-refractivity contribution < 1.29 is 9.47 Å². The van der Waals surface area contributed by atoms with Crippen molar-refractivity contribution in [2.45, 2.75) is 31.9 Å². The molecule has 1 aromatic heterocycles. The Morgan fingerprint density at radius 3 is 3.29 bits per heavy atom. The highest BCUT2D eigenvalue weighted by molar-refractivity contribution is 7.09. The van der Waals surface area contributed by atoms with E-state index in [1.165, 1.54) is 11.3 Å². The van der Waals surface area contributed by atoms with E-state index < -0.39 is 0 Å². The number of nitrogens with one attached hydrogen (secondary N) is 1. The Bertz CT molecular complexity index is 284. The summed E-state index contributed by atoms with van der Waals surface area (Å²) >= 11 is 1.80. The lowest BCUT2D eigenvalue weighted by Crippen LogP contribution is -2.18. The summed E-state index contributed by atoms with van der Waals surface area (Å²) in [5.41, 5.74) is 0. The van der Waals surface area contributed by atoms with Crippen LogP contribution in [-0.2, 0) is 16.0 Å². The Kier molecular flexibility index (Phi) is 5.99. The standard InChI is InChI=1S/C13H21NO2S/c1-4-12(16-8-1)11-15-7-3-6-14-10-13-5-2-9-17-13/h2,5,9,12,14H,1,3-4,6-8,10-11H2. The van der Waals surface area contributed by atoms with E-state index in [9.17, 15) is 0 Å². The SMILES string of the molecule is c1csc(CNCCCOCC2CCCO2)c1. The van der Waals surface area contributed by atoms with Gasteiger partial charge in [0.1, 0.15) is 0 Å². The highest BCUT2D eigenvalue weighted by Crippen LogP contribution is 2.11. The van der Waals surface area contributed by atoms with E-state index in [2.05, 4.69) is 22.8 Å². The molecular weight excluding hydrogens is 234 g/mol. The van der Waals surface area contributed by atoms with Crippen molar-refractivity contribution in [2.24, 2.45) is 0 Å². The van der Waals surface area contributed by atoms with Crippen molar-refractivity contribution in [3.8, 4) is 0 Å². The zero-order valence-corrected chi connectivity index (χ0v) is 11.0. The molecule has 96 valence electrons. The minimum absolute atomic E-state index is 0.356. The van der Waals surface area contributed by atoms with Crippen LogP contribution in [0.2, 0.25) is 0 Å². The predicted octanol–water partition coefficient (Wildman–Crippen LogP) is 2.42. The summed E-state index contributed by atoms with van der Waals surface area (Å²) in [5.74, 6) is 0. The number of ether oxygens (including phenoxy) is 2. The van der Waals surface area contributed by atoms with Crippen LogP contribution >= 0.6 is 11.3 Å². The van der Waals surface area contributed by atoms with Crippen LogP contribution in [0, 0.1) is 0 Å². The molecule has 1 aliphatic rings. The molecule has 17 heavy (non-hydrogen) atoms. The number of hydrogen-bond donors (Lipinski definition) is 1. The molecule has 1 fully saturated rings. The monoisotopic (exact) mass is 255 g/mol. The fourth-order valence-electron chi connectivity index (χ4n) is 1.91. The van der Waals surface area contributed by atoms with Crippen LogP contribution in [0.25, 0.3) is 0 Å². The second-order valence-electron chi connectivity index (χ2n) is 4.32. The molecule has 0 saturated carbocycles. The van der Waals surface area contributed by atoms with Crippen LogP contribution < -0.4 is 5.32 Å². The molecule has 1 saturated heterocycles. The molecule has 3 nitrogen and oxygen atoms in total. The van der Waals surface area contributed by atoms with Crippen LogP contribution in [0.3, 0.4) is 0 Å². The number of thiophene rings is 1. The lowest BCUT2D eigenvalue weighted by atomic mass is 10.2. The smallest absolute Gasteiger partial charge is 0.0809 e. The Morgan fingerprint density at radius 2 is 2.53 bits per heavy atom. The van der Waals surface area contributed by atoms with Gasteiger partial charge in [-0.05, 0) is 37.3 Å². The maximum atomic E-state index is 5.59. The van der Waals surface area contributed by atoms with E-state index in [4.69, 9.17) is 9.47 Å². The van der Waals surface area contributed by atoms with Gasteiger partial charge in [-0.3, -0.25) is 0 Å². The summed E-state index contributed by atoms with van der Waals surface area (Å²) in [7, 11) is 0. The van der Waals surface area contributed by atoms with E-state index in [-0.39, 0.29) is 0 Å². The molecule has 0 bridgehead atoms. The molecule has 0 aliphatic carbocycles. The molecule has 1 atom stereocenters. The maximum absolute atomic E-state index is 5.59. The Hall–Kier alpha value is -0.420. The van der Waals surface area contributed by atoms with Crippen molar-refractivity contribution in [1.29, 1.82) is 0 Å². The van der Waals surface area contributed by atoms with E-state index >= 15 is 0 Å². The zero-order chi connectivity index (χ0) is 11.8. The third-order valence-electron chi connectivity index (χ3n) is 2.85. The van der Waals surface area contributed by atoms with Crippen molar-refractivity contribution in [3.63, 3.8) is 0 Å². The minimum atomic E-state index is 0.356. The minimum Gasteiger partial charge on any atom is -0.379 e. The van der Waals surface area contributed by atoms with Crippen LogP contribution in [0.1, 0.15) is 24.1 Å². The summed E-state index contributed by atoms with van der Waals surface area (Å²) < 4.78 is 11.1. The molecule has 0 amide bonds. The third kappa shape index (κ3) is 5.17. The average Bonchev–Trinajstić information content (AvgIpc) is 3.00. The van der Waals surface area contributed by atoms with Gasteiger partial charge in [0, 0.05) is 24.6 Å². The fourth-order valence-corrected chi connectivity index (χ4v) is 2.59. The topological polar surface area (TPSA) is 30.5 Å². The van der Waals surface area contributed by atoms with E-state index in [0.717, 1.165) is 45.8 Å². The van der Waals surface area contributed by atoms with Crippen LogP contribution in [0.4, 0.5) is 0 Å². The second kappa shape index (κ2) is 7.82. The van der Waals surface area contributed by atoms with Crippen molar-refractivity contribution >= 4 is 11.3 Å². The third-order valence-corrected chi connectivity index (χ3v) is 3.73. The van der Waals surface area contributed by atoms with Crippen molar-refractivity contribution in [3.05, 3.63) is 22.4 Å². The highest BCUT2D eigenvalue weighted by Gasteiger charge is 2.14. The summed E-state index contributed by atoms with van der Waals surface area (Å²) in [6.45, 7) is 4.51. The summed E-state index contributed by atoms with van der Waals surface area (Å²) in [5, 5.41) is 5.53. The molecule has 1 unspecified atom stereocenters.